The Kier molecular flexibility index (Phi) is 6.53. The van der Waals surface area contributed by atoms with Crippen molar-refractivity contribution < 1.29 is 0 Å². The van der Waals surface area contributed by atoms with Crippen LogP contribution in [0.2, 0.25) is 0 Å². The van der Waals surface area contributed by atoms with Gasteiger partial charge in [0.1, 0.15) is 12.1 Å². The SMILES string of the molecule is Cc1c(-c2[nH]c3ccc(N4CCCN(CC(C)C)CCC4)nc3c2C(C)C)cn2ncnc2c1C. The van der Waals surface area contributed by atoms with Gasteiger partial charge in [-0.05, 0) is 74.9 Å². The Morgan fingerprint density at radius 3 is 2.40 bits per heavy atom. The van der Waals surface area contributed by atoms with Gasteiger partial charge in [-0.25, -0.2) is 14.5 Å². The first-order chi connectivity index (χ1) is 16.8. The summed E-state index contributed by atoms with van der Waals surface area (Å²) in [6.45, 7) is 19.1. The van der Waals surface area contributed by atoms with Crippen molar-refractivity contribution in [3.05, 3.63) is 41.3 Å². The molecule has 0 radical (unpaired) electrons. The normalized spacial score (nSPS) is 16.1. The van der Waals surface area contributed by atoms with E-state index in [-0.39, 0.29) is 0 Å². The van der Waals surface area contributed by atoms with Crippen LogP contribution in [0.25, 0.3) is 27.9 Å². The number of aromatic nitrogens is 5. The van der Waals surface area contributed by atoms with E-state index in [2.05, 4.69) is 84.7 Å². The minimum atomic E-state index is 0.338. The first kappa shape index (κ1) is 23.8. The Morgan fingerprint density at radius 2 is 1.71 bits per heavy atom. The summed E-state index contributed by atoms with van der Waals surface area (Å²) in [5.41, 5.74) is 9.08. The van der Waals surface area contributed by atoms with Crippen molar-refractivity contribution in [1.82, 2.24) is 29.5 Å². The zero-order chi connectivity index (χ0) is 24.7. The molecule has 186 valence electrons. The summed E-state index contributed by atoms with van der Waals surface area (Å²) < 4.78 is 1.88. The Labute approximate surface area is 208 Å². The van der Waals surface area contributed by atoms with E-state index in [1.807, 2.05) is 4.52 Å². The van der Waals surface area contributed by atoms with Crippen LogP contribution in [-0.2, 0) is 0 Å². The lowest BCUT2D eigenvalue weighted by Crippen LogP contribution is -2.38. The van der Waals surface area contributed by atoms with Crippen LogP contribution in [0.1, 0.15) is 63.1 Å². The maximum absolute atomic E-state index is 5.26. The maximum atomic E-state index is 5.26. The zero-order valence-corrected chi connectivity index (χ0v) is 22.1. The Morgan fingerprint density at radius 1 is 0.971 bits per heavy atom. The number of hydrogen-bond acceptors (Lipinski definition) is 5. The van der Waals surface area contributed by atoms with Crippen LogP contribution >= 0.6 is 0 Å². The third-order valence-electron chi connectivity index (χ3n) is 7.39. The van der Waals surface area contributed by atoms with Crippen molar-refractivity contribution in [3.8, 4) is 11.3 Å². The second-order valence-corrected chi connectivity index (χ2v) is 10.8. The number of fused-ring (bicyclic) bond motifs is 2. The van der Waals surface area contributed by atoms with Gasteiger partial charge in [0.05, 0.1) is 16.7 Å². The second-order valence-electron chi connectivity index (χ2n) is 10.8. The largest absolute Gasteiger partial charge is 0.357 e. The van der Waals surface area contributed by atoms with Crippen LogP contribution in [-0.4, -0.2) is 62.2 Å². The number of pyridine rings is 2. The lowest BCUT2D eigenvalue weighted by molar-refractivity contribution is 0.232. The highest BCUT2D eigenvalue weighted by Gasteiger charge is 2.22. The molecule has 0 spiro atoms. The standard InChI is InChI=1S/C28H39N7/c1-18(2)15-33-11-7-13-34(14-8-12-33)24-10-9-23-27(32-24)25(19(3)4)26(31-23)22-16-35-28(29-17-30-35)21(6)20(22)5/h9-10,16-19,31H,7-8,11-15H2,1-6H3. The quantitative estimate of drug-likeness (QED) is 0.410. The van der Waals surface area contributed by atoms with E-state index in [0.717, 1.165) is 52.8 Å². The zero-order valence-electron chi connectivity index (χ0n) is 22.1. The Balaban J connectivity index is 1.51. The first-order valence-electron chi connectivity index (χ1n) is 13.1. The van der Waals surface area contributed by atoms with Gasteiger partial charge in [-0.2, -0.15) is 5.10 Å². The van der Waals surface area contributed by atoms with Gasteiger partial charge < -0.3 is 14.8 Å². The van der Waals surface area contributed by atoms with Gasteiger partial charge in [0, 0.05) is 37.0 Å². The molecule has 35 heavy (non-hydrogen) atoms. The van der Waals surface area contributed by atoms with Crippen molar-refractivity contribution in [1.29, 1.82) is 0 Å². The molecule has 7 heteroatoms. The van der Waals surface area contributed by atoms with Crippen LogP contribution in [0.4, 0.5) is 5.82 Å². The summed E-state index contributed by atoms with van der Waals surface area (Å²) in [5.74, 6) is 2.16. The van der Waals surface area contributed by atoms with Crippen LogP contribution in [0, 0.1) is 19.8 Å². The number of hydrogen-bond donors (Lipinski definition) is 1. The number of rotatable bonds is 5. The molecule has 1 saturated heterocycles. The minimum absolute atomic E-state index is 0.338. The van der Waals surface area contributed by atoms with Gasteiger partial charge in [-0.1, -0.05) is 27.7 Å². The molecule has 0 bridgehead atoms. The van der Waals surface area contributed by atoms with Gasteiger partial charge in [-0.15, -0.1) is 0 Å². The Bertz CT molecular complexity index is 1320. The topological polar surface area (TPSA) is 65.4 Å². The Hall–Kier alpha value is -2.93. The maximum Gasteiger partial charge on any atom is 0.158 e. The summed E-state index contributed by atoms with van der Waals surface area (Å²) in [7, 11) is 0. The summed E-state index contributed by atoms with van der Waals surface area (Å²) in [5, 5.41) is 4.41. The number of anilines is 1. The highest BCUT2D eigenvalue weighted by molar-refractivity contribution is 5.90. The highest BCUT2D eigenvalue weighted by Crippen LogP contribution is 2.38. The predicted octanol–water partition coefficient (Wildman–Crippen LogP) is 5.57. The second kappa shape index (κ2) is 9.61. The van der Waals surface area contributed by atoms with E-state index in [4.69, 9.17) is 4.98 Å². The van der Waals surface area contributed by atoms with Crippen molar-refractivity contribution in [3.63, 3.8) is 0 Å². The molecule has 4 aromatic rings. The van der Waals surface area contributed by atoms with Crippen molar-refractivity contribution >= 4 is 22.5 Å². The third kappa shape index (κ3) is 4.54. The van der Waals surface area contributed by atoms with E-state index >= 15 is 0 Å². The van der Waals surface area contributed by atoms with E-state index < -0.39 is 0 Å². The van der Waals surface area contributed by atoms with Crippen LogP contribution in [0.3, 0.4) is 0 Å². The summed E-state index contributed by atoms with van der Waals surface area (Å²) in [6.07, 6.45) is 6.08. The molecule has 0 unspecified atom stereocenters. The van der Waals surface area contributed by atoms with Gasteiger partial charge in [0.25, 0.3) is 0 Å². The highest BCUT2D eigenvalue weighted by atomic mass is 15.3. The molecule has 5 heterocycles. The van der Waals surface area contributed by atoms with Crippen LogP contribution in [0.5, 0.6) is 0 Å². The summed E-state index contributed by atoms with van der Waals surface area (Å²) >= 11 is 0. The molecule has 0 aromatic carbocycles. The van der Waals surface area contributed by atoms with E-state index in [1.165, 1.54) is 49.2 Å². The molecule has 0 amide bonds. The van der Waals surface area contributed by atoms with Crippen LogP contribution < -0.4 is 4.90 Å². The summed E-state index contributed by atoms with van der Waals surface area (Å²) in [4.78, 5) is 18.5. The number of H-pyrrole nitrogens is 1. The fourth-order valence-electron chi connectivity index (χ4n) is 5.60. The molecular weight excluding hydrogens is 434 g/mol. The number of nitrogens with one attached hydrogen (secondary N) is 1. The van der Waals surface area contributed by atoms with E-state index in [1.54, 1.807) is 6.33 Å². The smallest absolute Gasteiger partial charge is 0.158 e. The molecule has 7 nitrogen and oxygen atoms in total. The monoisotopic (exact) mass is 473 g/mol. The number of aryl methyl sites for hydroxylation is 1. The molecule has 0 saturated carbocycles. The molecule has 1 N–H and O–H groups in total. The average Bonchev–Trinajstić information content (AvgIpc) is 3.41. The molecule has 1 aliphatic heterocycles. The van der Waals surface area contributed by atoms with Gasteiger partial charge in [0.2, 0.25) is 0 Å². The number of aromatic amines is 1. The lowest BCUT2D eigenvalue weighted by Gasteiger charge is -2.32. The van der Waals surface area contributed by atoms with Gasteiger partial charge in [0.15, 0.2) is 5.65 Å². The third-order valence-corrected chi connectivity index (χ3v) is 7.39. The van der Waals surface area contributed by atoms with E-state index in [0.29, 0.717) is 5.92 Å². The van der Waals surface area contributed by atoms with E-state index in [9.17, 15) is 0 Å². The van der Waals surface area contributed by atoms with Crippen molar-refractivity contribution in [2.75, 3.05) is 37.6 Å². The molecule has 1 fully saturated rings. The number of nitrogens with zero attached hydrogens (tertiary/aromatic N) is 6. The first-order valence-corrected chi connectivity index (χ1v) is 13.1. The molecule has 1 aliphatic rings. The average molecular weight is 474 g/mol. The van der Waals surface area contributed by atoms with Gasteiger partial charge in [-0.3, -0.25) is 0 Å². The minimum Gasteiger partial charge on any atom is -0.357 e. The molecule has 0 aliphatic carbocycles. The molecule has 4 aromatic heterocycles. The molecule has 5 rings (SSSR count). The van der Waals surface area contributed by atoms with Gasteiger partial charge >= 0.3 is 0 Å². The van der Waals surface area contributed by atoms with Crippen LogP contribution in [0.15, 0.2) is 24.7 Å². The van der Waals surface area contributed by atoms with Crippen molar-refractivity contribution in [2.24, 2.45) is 5.92 Å². The predicted molar refractivity (Wildman–Crippen MR) is 144 cm³/mol. The molecule has 0 atom stereocenters. The fourth-order valence-corrected chi connectivity index (χ4v) is 5.60. The van der Waals surface area contributed by atoms with Crippen molar-refractivity contribution in [2.45, 2.75) is 60.3 Å². The molecular formula is C28H39N7. The summed E-state index contributed by atoms with van der Waals surface area (Å²) in [6, 6.07) is 4.41. The lowest BCUT2D eigenvalue weighted by atomic mass is 9.95. The fraction of sp³-hybridized carbons (Fsp3) is 0.536.